The van der Waals surface area contributed by atoms with Crippen molar-refractivity contribution in [3.05, 3.63) is 30.1 Å². The fourth-order valence-corrected chi connectivity index (χ4v) is 2.32. The molecule has 1 aliphatic heterocycles. The van der Waals surface area contributed by atoms with E-state index in [1.165, 1.54) is 6.07 Å². The molecule has 0 bridgehead atoms. The van der Waals surface area contributed by atoms with Gasteiger partial charge in [-0.15, -0.1) is 11.8 Å². The Kier molecular flexibility index (Phi) is 4.00. The number of halogens is 1. The van der Waals surface area contributed by atoms with E-state index >= 15 is 0 Å². The summed E-state index contributed by atoms with van der Waals surface area (Å²) in [5, 5.41) is 0. The molecule has 1 aromatic rings. The number of thioether (sulfide) groups is 1. The van der Waals surface area contributed by atoms with Crippen molar-refractivity contribution in [1.29, 1.82) is 0 Å². The second-order valence-corrected chi connectivity index (χ2v) is 4.43. The molecule has 2 nitrogen and oxygen atoms in total. The van der Waals surface area contributed by atoms with Crippen LogP contribution in [0, 0.1) is 5.82 Å². The molecule has 82 valence electrons. The lowest BCUT2D eigenvalue weighted by molar-refractivity contribution is -0.0421. The molecule has 0 radical (unpaired) electrons. The van der Waals surface area contributed by atoms with Crippen LogP contribution in [-0.2, 0) is 9.47 Å². The first-order chi connectivity index (χ1) is 7.34. The molecular formula is C11H13FO2S. The Morgan fingerprint density at radius 3 is 2.87 bits per heavy atom. The molecule has 1 aromatic carbocycles. The zero-order valence-corrected chi connectivity index (χ0v) is 9.13. The molecule has 1 aliphatic rings. The molecule has 0 saturated carbocycles. The molecule has 0 unspecified atom stereocenters. The fourth-order valence-electron chi connectivity index (χ4n) is 1.40. The van der Waals surface area contributed by atoms with E-state index in [1.807, 2.05) is 6.07 Å². The van der Waals surface area contributed by atoms with Crippen LogP contribution in [0.15, 0.2) is 29.2 Å². The Labute approximate surface area is 92.8 Å². The largest absolute Gasteiger partial charge is 0.350 e. The third kappa shape index (κ3) is 3.48. The Morgan fingerprint density at radius 2 is 2.13 bits per heavy atom. The van der Waals surface area contributed by atoms with Crippen molar-refractivity contribution in [1.82, 2.24) is 0 Å². The maximum Gasteiger partial charge on any atom is 0.158 e. The van der Waals surface area contributed by atoms with Gasteiger partial charge in [-0.05, 0) is 18.2 Å². The minimum Gasteiger partial charge on any atom is -0.350 e. The summed E-state index contributed by atoms with van der Waals surface area (Å²) in [5.74, 6) is 0.696. The summed E-state index contributed by atoms with van der Waals surface area (Å²) in [6.45, 7) is 1.38. The summed E-state index contributed by atoms with van der Waals surface area (Å²) in [6.07, 6.45) is 0.785. The summed E-state index contributed by atoms with van der Waals surface area (Å²) < 4.78 is 23.4. The molecule has 0 aromatic heterocycles. The molecule has 0 N–H and O–H groups in total. The first kappa shape index (κ1) is 10.9. The molecule has 0 aliphatic carbocycles. The number of benzene rings is 1. The predicted octanol–water partition coefficient (Wildman–Crippen LogP) is 2.68. The van der Waals surface area contributed by atoms with Crippen LogP contribution < -0.4 is 0 Å². The predicted molar refractivity (Wildman–Crippen MR) is 57.4 cm³/mol. The summed E-state index contributed by atoms with van der Waals surface area (Å²) in [6, 6.07) is 6.62. The zero-order chi connectivity index (χ0) is 10.5. The average Bonchev–Trinajstić information content (AvgIpc) is 2.71. The van der Waals surface area contributed by atoms with Gasteiger partial charge in [0, 0.05) is 17.1 Å². The van der Waals surface area contributed by atoms with Crippen molar-refractivity contribution in [3.8, 4) is 0 Å². The van der Waals surface area contributed by atoms with Crippen molar-refractivity contribution in [2.24, 2.45) is 0 Å². The summed E-state index contributed by atoms with van der Waals surface area (Å²) in [4.78, 5) is 0.952. The minimum atomic E-state index is -0.187. The number of ether oxygens (including phenoxy) is 2. The van der Waals surface area contributed by atoms with Crippen LogP contribution in [0.4, 0.5) is 4.39 Å². The van der Waals surface area contributed by atoms with Crippen LogP contribution in [0.2, 0.25) is 0 Å². The van der Waals surface area contributed by atoms with E-state index in [9.17, 15) is 4.39 Å². The van der Waals surface area contributed by atoms with Gasteiger partial charge in [-0.2, -0.15) is 0 Å². The maximum atomic E-state index is 12.8. The Hall–Kier alpha value is -0.580. The van der Waals surface area contributed by atoms with E-state index in [1.54, 1.807) is 23.9 Å². The van der Waals surface area contributed by atoms with Crippen molar-refractivity contribution in [2.75, 3.05) is 19.0 Å². The van der Waals surface area contributed by atoms with Gasteiger partial charge in [0.1, 0.15) is 5.82 Å². The lowest BCUT2D eigenvalue weighted by Crippen LogP contribution is -2.08. The fraction of sp³-hybridized carbons (Fsp3) is 0.455. The summed E-state index contributed by atoms with van der Waals surface area (Å²) in [7, 11) is 0. The SMILES string of the molecule is Fc1cccc(SCCC2OCCO2)c1. The lowest BCUT2D eigenvalue weighted by atomic mass is 10.4. The van der Waals surface area contributed by atoms with E-state index < -0.39 is 0 Å². The molecule has 0 amide bonds. The van der Waals surface area contributed by atoms with Crippen LogP contribution in [0.1, 0.15) is 6.42 Å². The normalized spacial score (nSPS) is 17.1. The van der Waals surface area contributed by atoms with Crippen molar-refractivity contribution in [2.45, 2.75) is 17.6 Å². The number of hydrogen-bond donors (Lipinski definition) is 0. The van der Waals surface area contributed by atoms with Gasteiger partial charge in [0.25, 0.3) is 0 Å². The number of rotatable bonds is 4. The van der Waals surface area contributed by atoms with Gasteiger partial charge >= 0.3 is 0 Å². The number of hydrogen-bond acceptors (Lipinski definition) is 3. The smallest absolute Gasteiger partial charge is 0.158 e. The molecule has 2 rings (SSSR count). The van der Waals surface area contributed by atoms with E-state index in [0.717, 1.165) is 17.1 Å². The van der Waals surface area contributed by atoms with Gasteiger partial charge in [0.2, 0.25) is 0 Å². The van der Waals surface area contributed by atoms with E-state index in [4.69, 9.17) is 9.47 Å². The average molecular weight is 228 g/mol. The highest BCUT2D eigenvalue weighted by Gasteiger charge is 2.14. The van der Waals surface area contributed by atoms with Crippen LogP contribution in [0.5, 0.6) is 0 Å². The van der Waals surface area contributed by atoms with Crippen LogP contribution in [0.25, 0.3) is 0 Å². The third-order valence-corrected chi connectivity index (χ3v) is 3.14. The van der Waals surface area contributed by atoms with E-state index in [0.29, 0.717) is 13.2 Å². The molecule has 15 heavy (non-hydrogen) atoms. The quantitative estimate of drug-likeness (QED) is 0.738. The molecule has 0 atom stereocenters. The summed E-state index contributed by atoms with van der Waals surface area (Å²) in [5.41, 5.74) is 0. The highest BCUT2D eigenvalue weighted by atomic mass is 32.2. The first-order valence-corrected chi connectivity index (χ1v) is 5.95. The van der Waals surface area contributed by atoms with Crippen LogP contribution in [0.3, 0.4) is 0 Å². The monoisotopic (exact) mass is 228 g/mol. The molecule has 4 heteroatoms. The van der Waals surface area contributed by atoms with Gasteiger partial charge in [-0.3, -0.25) is 0 Å². The molecule has 0 spiro atoms. The highest BCUT2D eigenvalue weighted by Crippen LogP contribution is 2.21. The van der Waals surface area contributed by atoms with Gasteiger partial charge in [-0.25, -0.2) is 4.39 Å². The minimum absolute atomic E-state index is 0.0638. The standard InChI is InChI=1S/C11H13FO2S/c12-9-2-1-3-10(8-9)15-7-4-11-13-5-6-14-11/h1-3,8,11H,4-7H2. The van der Waals surface area contributed by atoms with Crippen LogP contribution >= 0.6 is 11.8 Å². The Bertz CT molecular complexity index is 313. The van der Waals surface area contributed by atoms with Gasteiger partial charge < -0.3 is 9.47 Å². The van der Waals surface area contributed by atoms with Crippen molar-refractivity contribution >= 4 is 11.8 Å². The third-order valence-electron chi connectivity index (χ3n) is 2.11. The highest BCUT2D eigenvalue weighted by molar-refractivity contribution is 7.99. The Balaban J connectivity index is 1.73. The summed E-state index contributed by atoms with van der Waals surface area (Å²) >= 11 is 1.62. The van der Waals surface area contributed by atoms with E-state index in [-0.39, 0.29) is 12.1 Å². The van der Waals surface area contributed by atoms with Crippen molar-refractivity contribution < 1.29 is 13.9 Å². The van der Waals surface area contributed by atoms with E-state index in [2.05, 4.69) is 0 Å². The molecular weight excluding hydrogens is 215 g/mol. The van der Waals surface area contributed by atoms with Gasteiger partial charge in [0.15, 0.2) is 6.29 Å². The lowest BCUT2D eigenvalue weighted by Gasteiger charge is -2.07. The second-order valence-electron chi connectivity index (χ2n) is 3.27. The maximum absolute atomic E-state index is 12.8. The van der Waals surface area contributed by atoms with Gasteiger partial charge in [-0.1, -0.05) is 6.07 Å². The topological polar surface area (TPSA) is 18.5 Å². The molecule has 1 heterocycles. The van der Waals surface area contributed by atoms with Crippen LogP contribution in [-0.4, -0.2) is 25.3 Å². The molecule has 1 saturated heterocycles. The second kappa shape index (κ2) is 5.49. The first-order valence-electron chi connectivity index (χ1n) is 4.96. The van der Waals surface area contributed by atoms with Gasteiger partial charge in [0.05, 0.1) is 13.2 Å². The Morgan fingerprint density at radius 1 is 1.33 bits per heavy atom. The zero-order valence-electron chi connectivity index (χ0n) is 8.32. The van der Waals surface area contributed by atoms with Crippen molar-refractivity contribution in [3.63, 3.8) is 0 Å². The molecule has 1 fully saturated rings.